The quantitative estimate of drug-likeness (QED) is 0.230. The molecule has 0 aliphatic heterocycles. The second-order valence-electron chi connectivity index (χ2n) is 7.32. The molecule has 0 fully saturated rings. The molecular weight excluding hydrogens is 425 g/mol. The van der Waals surface area contributed by atoms with Gasteiger partial charge in [0.2, 0.25) is 0 Å². The highest BCUT2D eigenvalue weighted by molar-refractivity contribution is 6.37. The fraction of sp³-hybridized carbons (Fsp3) is 0.0741. The van der Waals surface area contributed by atoms with E-state index < -0.39 is 0 Å². The van der Waals surface area contributed by atoms with Crippen molar-refractivity contribution in [1.82, 2.24) is 0 Å². The Morgan fingerprint density at radius 3 is 2.26 bits per heavy atom. The highest BCUT2D eigenvalue weighted by atomic mass is 35.5. The van der Waals surface area contributed by atoms with Crippen LogP contribution in [0.2, 0.25) is 10.0 Å². The van der Waals surface area contributed by atoms with Crippen LogP contribution in [0.4, 0.5) is 0 Å². The zero-order valence-corrected chi connectivity index (χ0v) is 18.4. The van der Waals surface area contributed by atoms with Crippen molar-refractivity contribution >= 4 is 45.6 Å². The molecule has 0 aliphatic carbocycles. The minimum atomic E-state index is 0.353. The van der Waals surface area contributed by atoms with Crippen LogP contribution >= 0.6 is 23.2 Å². The summed E-state index contributed by atoms with van der Waals surface area (Å²) < 4.78 is 5.94. The average Bonchev–Trinajstić information content (AvgIpc) is 2.77. The van der Waals surface area contributed by atoms with Crippen molar-refractivity contribution in [3.63, 3.8) is 0 Å². The number of hydrogen-bond donors (Lipinski definition) is 0. The third-order valence-electron chi connectivity index (χ3n) is 5.01. The lowest BCUT2D eigenvalue weighted by molar-refractivity contribution is 0.307. The number of fused-ring (bicyclic) bond motifs is 1. The van der Waals surface area contributed by atoms with Crippen LogP contribution in [0.15, 0.2) is 78.9 Å². The summed E-state index contributed by atoms with van der Waals surface area (Å²) in [5, 5.41) is 12.7. The summed E-state index contributed by atoms with van der Waals surface area (Å²) in [5.41, 5.74) is 4.29. The van der Waals surface area contributed by atoms with Gasteiger partial charge in [-0.05, 0) is 58.7 Å². The van der Waals surface area contributed by atoms with Crippen LogP contribution in [0.5, 0.6) is 5.75 Å². The fourth-order valence-corrected chi connectivity index (χ4v) is 3.98. The number of nitrogens with zero attached hydrogens (tertiary/aromatic N) is 1. The summed E-state index contributed by atoms with van der Waals surface area (Å²) in [5.74, 6) is 0.433. The zero-order chi connectivity index (χ0) is 21.8. The van der Waals surface area contributed by atoms with Crippen molar-refractivity contribution in [2.75, 3.05) is 0 Å². The van der Waals surface area contributed by atoms with Crippen molar-refractivity contribution in [3.05, 3.63) is 111 Å². The Morgan fingerprint density at radius 2 is 1.58 bits per heavy atom. The second kappa shape index (κ2) is 9.27. The predicted octanol–water partition coefficient (Wildman–Crippen LogP) is 8.10. The topological polar surface area (TPSA) is 33.0 Å². The number of halogens is 2. The molecule has 0 bridgehead atoms. The van der Waals surface area contributed by atoms with Crippen molar-refractivity contribution in [2.45, 2.75) is 13.5 Å². The number of aryl methyl sites for hydroxylation is 1. The molecule has 0 aromatic heterocycles. The Kier molecular flexibility index (Phi) is 6.28. The number of hydrogen-bond acceptors (Lipinski definition) is 2. The van der Waals surface area contributed by atoms with E-state index in [2.05, 4.69) is 30.3 Å². The standard InChI is InChI=1S/C27H19Cl2NO/c1-18-6-9-22(10-7-18)24(16-30)13-20-14-25(28)27(26(29)15-20)31-17-19-8-11-21-4-2-3-5-23(21)12-19/h2-15H,17H2,1H3/b24-13-. The van der Waals surface area contributed by atoms with E-state index >= 15 is 0 Å². The summed E-state index contributed by atoms with van der Waals surface area (Å²) in [6, 6.07) is 27.9. The molecular formula is C27H19Cl2NO. The van der Waals surface area contributed by atoms with Crippen molar-refractivity contribution < 1.29 is 4.74 Å². The molecule has 31 heavy (non-hydrogen) atoms. The van der Waals surface area contributed by atoms with Gasteiger partial charge in [-0.1, -0.05) is 89.4 Å². The molecule has 0 radical (unpaired) electrons. The van der Waals surface area contributed by atoms with Gasteiger partial charge in [-0.15, -0.1) is 0 Å². The van der Waals surface area contributed by atoms with Gasteiger partial charge in [-0.25, -0.2) is 0 Å². The average molecular weight is 444 g/mol. The molecule has 0 heterocycles. The Morgan fingerprint density at radius 1 is 0.903 bits per heavy atom. The van der Waals surface area contributed by atoms with Crippen molar-refractivity contribution in [1.29, 1.82) is 5.26 Å². The molecule has 0 atom stereocenters. The number of benzene rings is 4. The molecule has 4 aromatic rings. The first-order valence-electron chi connectivity index (χ1n) is 9.82. The van der Waals surface area contributed by atoms with Crippen LogP contribution in [-0.4, -0.2) is 0 Å². The largest absolute Gasteiger partial charge is 0.486 e. The smallest absolute Gasteiger partial charge is 0.157 e. The summed E-state index contributed by atoms with van der Waals surface area (Å²) >= 11 is 12.9. The molecule has 4 rings (SSSR count). The molecule has 0 saturated heterocycles. The number of rotatable bonds is 5. The zero-order valence-electron chi connectivity index (χ0n) is 16.9. The van der Waals surface area contributed by atoms with Crippen LogP contribution in [-0.2, 0) is 6.61 Å². The van der Waals surface area contributed by atoms with Crippen LogP contribution in [0, 0.1) is 18.3 Å². The minimum absolute atomic E-state index is 0.353. The lowest BCUT2D eigenvalue weighted by Gasteiger charge is -2.12. The maximum Gasteiger partial charge on any atom is 0.157 e. The van der Waals surface area contributed by atoms with Gasteiger partial charge in [0, 0.05) is 0 Å². The van der Waals surface area contributed by atoms with Crippen molar-refractivity contribution in [2.24, 2.45) is 0 Å². The monoisotopic (exact) mass is 443 g/mol. The Balaban J connectivity index is 1.56. The Labute approximate surface area is 191 Å². The predicted molar refractivity (Wildman–Crippen MR) is 129 cm³/mol. The van der Waals surface area contributed by atoms with Gasteiger partial charge in [0.25, 0.3) is 0 Å². The molecule has 0 unspecified atom stereocenters. The molecule has 0 aliphatic rings. The lowest BCUT2D eigenvalue weighted by atomic mass is 10.0. The molecule has 4 aromatic carbocycles. The van der Waals surface area contributed by atoms with Crippen molar-refractivity contribution in [3.8, 4) is 11.8 Å². The minimum Gasteiger partial charge on any atom is -0.486 e. The Bertz CT molecular complexity index is 1290. The highest BCUT2D eigenvalue weighted by Crippen LogP contribution is 2.36. The van der Waals surface area contributed by atoms with E-state index in [1.807, 2.05) is 49.4 Å². The fourth-order valence-electron chi connectivity index (χ4n) is 3.36. The lowest BCUT2D eigenvalue weighted by Crippen LogP contribution is -1.97. The molecule has 152 valence electrons. The normalized spacial score (nSPS) is 11.4. The van der Waals surface area contributed by atoms with Crippen LogP contribution in [0.3, 0.4) is 0 Å². The van der Waals surface area contributed by atoms with Gasteiger partial charge in [-0.2, -0.15) is 5.26 Å². The summed E-state index contributed by atoms with van der Waals surface area (Å²) in [4.78, 5) is 0. The Hall–Kier alpha value is -3.25. The first kappa shape index (κ1) is 21.0. The third kappa shape index (κ3) is 4.91. The maximum absolute atomic E-state index is 9.58. The number of ether oxygens (including phenoxy) is 1. The van der Waals surface area contributed by atoms with E-state index in [0.717, 1.165) is 27.6 Å². The summed E-state index contributed by atoms with van der Waals surface area (Å²) in [6.45, 7) is 2.36. The first-order valence-corrected chi connectivity index (χ1v) is 10.6. The van der Waals surface area contributed by atoms with Gasteiger partial charge in [0.1, 0.15) is 6.61 Å². The van der Waals surface area contributed by atoms with E-state index in [4.69, 9.17) is 27.9 Å². The van der Waals surface area contributed by atoms with Gasteiger partial charge < -0.3 is 4.74 Å². The van der Waals surface area contributed by atoms with E-state index in [-0.39, 0.29) is 0 Å². The van der Waals surface area contributed by atoms with E-state index in [9.17, 15) is 5.26 Å². The molecule has 0 saturated carbocycles. The molecule has 0 amide bonds. The van der Waals surface area contributed by atoms with Crippen LogP contribution in [0.1, 0.15) is 22.3 Å². The van der Waals surface area contributed by atoms with Gasteiger partial charge in [0.15, 0.2) is 5.75 Å². The molecule has 4 heteroatoms. The van der Waals surface area contributed by atoms with Crippen LogP contribution in [0.25, 0.3) is 22.4 Å². The SMILES string of the molecule is Cc1ccc(/C(C#N)=C\c2cc(Cl)c(OCc3ccc4ccccc4c3)c(Cl)c2)cc1. The number of allylic oxidation sites excluding steroid dienone is 1. The first-order chi connectivity index (χ1) is 15.0. The molecule has 0 N–H and O–H groups in total. The molecule has 0 spiro atoms. The molecule has 2 nitrogen and oxygen atoms in total. The van der Waals surface area contributed by atoms with Gasteiger partial charge >= 0.3 is 0 Å². The van der Waals surface area contributed by atoms with E-state index in [0.29, 0.717) is 28.0 Å². The van der Waals surface area contributed by atoms with Gasteiger partial charge in [0.05, 0.1) is 21.7 Å². The maximum atomic E-state index is 9.58. The third-order valence-corrected chi connectivity index (χ3v) is 5.57. The second-order valence-corrected chi connectivity index (χ2v) is 8.13. The van der Waals surface area contributed by atoms with E-state index in [1.165, 1.54) is 5.39 Å². The van der Waals surface area contributed by atoms with Crippen LogP contribution < -0.4 is 4.74 Å². The van der Waals surface area contributed by atoms with Gasteiger partial charge in [-0.3, -0.25) is 0 Å². The summed E-state index contributed by atoms with van der Waals surface area (Å²) in [7, 11) is 0. The summed E-state index contributed by atoms with van der Waals surface area (Å²) in [6.07, 6.45) is 1.77. The number of nitriles is 1. The highest BCUT2D eigenvalue weighted by Gasteiger charge is 2.11. The van der Waals surface area contributed by atoms with E-state index in [1.54, 1.807) is 18.2 Å².